The van der Waals surface area contributed by atoms with E-state index in [0.717, 1.165) is 21.4 Å². The number of aliphatic hydroxyl groups is 1. The molecule has 0 saturated heterocycles. The van der Waals surface area contributed by atoms with Gasteiger partial charge in [-0.25, -0.2) is 0 Å². The zero-order chi connectivity index (χ0) is 10.7. The molecule has 3 N–H and O–H groups in total. The number of hydrogen-bond acceptors (Lipinski definition) is 4. The van der Waals surface area contributed by atoms with Gasteiger partial charge in [-0.3, -0.25) is 4.98 Å². The number of thioether (sulfide) groups is 1. The summed E-state index contributed by atoms with van der Waals surface area (Å²) in [6.07, 6.45) is 3.53. The van der Waals surface area contributed by atoms with Crippen molar-refractivity contribution in [3.05, 3.63) is 30.6 Å². The van der Waals surface area contributed by atoms with Crippen LogP contribution in [0, 0.1) is 0 Å². The lowest BCUT2D eigenvalue weighted by atomic mass is 10.1. The number of fused-ring (bicyclic) bond motifs is 1. The summed E-state index contributed by atoms with van der Waals surface area (Å²) in [7, 11) is 0. The van der Waals surface area contributed by atoms with Gasteiger partial charge in [0.25, 0.3) is 0 Å². The SMILES string of the molecule is Nc1c(SCCO)ccc2cnccc12. The van der Waals surface area contributed by atoms with Crippen LogP contribution in [0.25, 0.3) is 10.8 Å². The highest BCUT2D eigenvalue weighted by Crippen LogP contribution is 2.31. The maximum Gasteiger partial charge on any atom is 0.0533 e. The van der Waals surface area contributed by atoms with Crippen molar-refractivity contribution >= 4 is 28.2 Å². The zero-order valence-electron chi connectivity index (χ0n) is 8.18. The van der Waals surface area contributed by atoms with E-state index in [9.17, 15) is 0 Å². The molecular weight excluding hydrogens is 208 g/mol. The fourth-order valence-electron chi connectivity index (χ4n) is 1.45. The Morgan fingerprint density at radius 1 is 1.33 bits per heavy atom. The fourth-order valence-corrected chi connectivity index (χ4v) is 2.20. The lowest BCUT2D eigenvalue weighted by Gasteiger charge is -2.07. The molecule has 0 saturated carbocycles. The number of aliphatic hydroxyl groups excluding tert-OH is 1. The van der Waals surface area contributed by atoms with Gasteiger partial charge in [-0.15, -0.1) is 11.8 Å². The summed E-state index contributed by atoms with van der Waals surface area (Å²) < 4.78 is 0. The Bertz CT molecular complexity index is 473. The summed E-state index contributed by atoms with van der Waals surface area (Å²) in [5.74, 6) is 0.667. The quantitative estimate of drug-likeness (QED) is 0.612. The number of benzene rings is 1. The molecule has 0 aliphatic rings. The summed E-state index contributed by atoms with van der Waals surface area (Å²) in [6, 6.07) is 5.88. The molecule has 1 aromatic carbocycles. The highest BCUT2D eigenvalue weighted by atomic mass is 32.2. The molecule has 0 fully saturated rings. The summed E-state index contributed by atoms with van der Waals surface area (Å²) in [5.41, 5.74) is 6.80. The van der Waals surface area contributed by atoms with Gasteiger partial charge in [-0.05, 0) is 12.1 Å². The Morgan fingerprint density at radius 3 is 3.00 bits per heavy atom. The molecule has 0 radical (unpaired) electrons. The molecule has 0 atom stereocenters. The number of anilines is 1. The Morgan fingerprint density at radius 2 is 2.20 bits per heavy atom. The Labute approximate surface area is 92.3 Å². The largest absolute Gasteiger partial charge is 0.397 e. The van der Waals surface area contributed by atoms with Crippen molar-refractivity contribution in [2.24, 2.45) is 0 Å². The smallest absolute Gasteiger partial charge is 0.0533 e. The van der Waals surface area contributed by atoms with Crippen LogP contribution >= 0.6 is 11.8 Å². The van der Waals surface area contributed by atoms with E-state index < -0.39 is 0 Å². The molecule has 2 rings (SSSR count). The third-order valence-corrected chi connectivity index (χ3v) is 3.22. The Kier molecular flexibility index (Phi) is 3.08. The van der Waals surface area contributed by atoms with Crippen molar-refractivity contribution in [3.63, 3.8) is 0 Å². The topological polar surface area (TPSA) is 59.1 Å². The molecule has 0 spiro atoms. The third kappa shape index (κ3) is 2.06. The number of aromatic nitrogens is 1. The van der Waals surface area contributed by atoms with Crippen molar-refractivity contribution in [2.45, 2.75) is 4.90 Å². The van der Waals surface area contributed by atoms with Crippen LogP contribution in [0.2, 0.25) is 0 Å². The summed E-state index contributed by atoms with van der Waals surface area (Å²) in [6.45, 7) is 0.165. The second-order valence-corrected chi connectivity index (χ2v) is 4.28. The Hall–Kier alpha value is -1.26. The molecule has 2 aromatic rings. The maximum atomic E-state index is 8.76. The predicted octanol–water partition coefficient (Wildman–Crippen LogP) is 1.90. The van der Waals surface area contributed by atoms with Gasteiger partial charge in [0.15, 0.2) is 0 Å². The Balaban J connectivity index is 2.45. The highest BCUT2D eigenvalue weighted by Gasteiger charge is 2.04. The fraction of sp³-hybridized carbons (Fsp3) is 0.182. The predicted molar refractivity (Wildman–Crippen MR) is 64.0 cm³/mol. The second-order valence-electron chi connectivity index (χ2n) is 3.15. The van der Waals surface area contributed by atoms with E-state index in [-0.39, 0.29) is 6.61 Å². The monoisotopic (exact) mass is 220 g/mol. The standard InChI is InChI=1S/C11H12N2OS/c12-11-9-3-4-13-7-8(9)1-2-10(11)15-6-5-14/h1-4,7,14H,5-6,12H2. The summed E-state index contributed by atoms with van der Waals surface area (Å²) in [4.78, 5) is 5.06. The number of nitrogen functional groups attached to an aromatic ring is 1. The van der Waals surface area contributed by atoms with Gasteiger partial charge < -0.3 is 10.8 Å². The van der Waals surface area contributed by atoms with E-state index in [1.165, 1.54) is 0 Å². The van der Waals surface area contributed by atoms with Crippen molar-refractivity contribution in [2.75, 3.05) is 18.1 Å². The van der Waals surface area contributed by atoms with Gasteiger partial charge >= 0.3 is 0 Å². The molecule has 0 aliphatic carbocycles. The van der Waals surface area contributed by atoms with Crippen LogP contribution < -0.4 is 5.73 Å². The third-order valence-electron chi connectivity index (χ3n) is 2.17. The molecule has 15 heavy (non-hydrogen) atoms. The first-order valence-electron chi connectivity index (χ1n) is 4.69. The van der Waals surface area contributed by atoms with Gasteiger partial charge in [0.1, 0.15) is 0 Å². The molecule has 4 heteroatoms. The van der Waals surface area contributed by atoms with Crippen molar-refractivity contribution < 1.29 is 5.11 Å². The van der Waals surface area contributed by atoms with Crippen molar-refractivity contribution in [1.29, 1.82) is 0 Å². The molecule has 0 bridgehead atoms. The molecule has 0 aliphatic heterocycles. The first-order chi connectivity index (χ1) is 7.33. The zero-order valence-corrected chi connectivity index (χ0v) is 9.00. The van der Waals surface area contributed by atoms with Crippen molar-refractivity contribution in [3.8, 4) is 0 Å². The summed E-state index contributed by atoms with van der Waals surface area (Å²) >= 11 is 1.57. The number of nitrogens with zero attached hydrogens (tertiary/aromatic N) is 1. The van der Waals surface area contributed by atoms with E-state index in [2.05, 4.69) is 4.98 Å². The van der Waals surface area contributed by atoms with Gasteiger partial charge in [-0.1, -0.05) is 6.07 Å². The van der Waals surface area contributed by atoms with Gasteiger partial charge in [0, 0.05) is 33.8 Å². The minimum atomic E-state index is 0.165. The number of pyridine rings is 1. The lowest BCUT2D eigenvalue weighted by Crippen LogP contribution is -1.93. The molecular formula is C11H12N2OS. The van der Waals surface area contributed by atoms with E-state index >= 15 is 0 Å². The van der Waals surface area contributed by atoms with Crippen LogP contribution in [0.5, 0.6) is 0 Å². The minimum absolute atomic E-state index is 0.165. The average Bonchev–Trinajstić information content (AvgIpc) is 2.29. The normalized spacial score (nSPS) is 10.7. The second kappa shape index (κ2) is 4.51. The van der Waals surface area contributed by atoms with Crippen LogP contribution in [0.4, 0.5) is 5.69 Å². The summed E-state index contributed by atoms with van der Waals surface area (Å²) in [5, 5.41) is 10.8. The van der Waals surface area contributed by atoms with Gasteiger partial charge in [-0.2, -0.15) is 0 Å². The molecule has 1 heterocycles. The first kappa shape index (κ1) is 10.3. The number of hydrogen-bond donors (Lipinski definition) is 2. The average molecular weight is 220 g/mol. The molecule has 3 nitrogen and oxygen atoms in total. The number of rotatable bonds is 3. The van der Waals surface area contributed by atoms with Crippen LogP contribution in [-0.4, -0.2) is 22.5 Å². The molecule has 0 unspecified atom stereocenters. The molecule has 78 valence electrons. The first-order valence-corrected chi connectivity index (χ1v) is 5.67. The van der Waals surface area contributed by atoms with E-state index in [0.29, 0.717) is 5.75 Å². The minimum Gasteiger partial charge on any atom is -0.397 e. The van der Waals surface area contributed by atoms with E-state index in [1.807, 2.05) is 18.2 Å². The van der Waals surface area contributed by atoms with Gasteiger partial charge in [0.05, 0.1) is 12.3 Å². The van der Waals surface area contributed by atoms with Crippen LogP contribution in [0.3, 0.4) is 0 Å². The maximum absolute atomic E-state index is 8.76. The van der Waals surface area contributed by atoms with E-state index in [4.69, 9.17) is 10.8 Å². The van der Waals surface area contributed by atoms with Crippen molar-refractivity contribution in [1.82, 2.24) is 4.98 Å². The van der Waals surface area contributed by atoms with E-state index in [1.54, 1.807) is 24.2 Å². The van der Waals surface area contributed by atoms with Crippen LogP contribution in [0.15, 0.2) is 35.5 Å². The highest BCUT2D eigenvalue weighted by molar-refractivity contribution is 7.99. The van der Waals surface area contributed by atoms with Crippen LogP contribution in [-0.2, 0) is 0 Å². The number of nitrogens with two attached hydrogens (primary N) is 1. The molecule has 1 aromatic heterocycles. The van der Waals surface area contributed by atoms with Gasteiger partial charge in [0.2, 0.25) is 0 Å². The molecule has 0 amide bonds. The lowest BCUT2D eigenvalue weighted by molar-refractivity contribution is 0.322. The van der Waals surface area contributed by atoms with Crippen LogP contribution in [0.1, 0.15) is 0 Å².